The van der Waals surface area contributed by atoms with Crippen LogP contribution in [0.5, 0.6) is 0 Å². The highest BCUT2D eigenvalue weighted by Gasteiger charge is 2.20. The van der Waals surface area contributed by atoms with Gasteiger partial charge in [-0.15, -0.1) is 0 Å². The molecular weight excluding hydrogens is 886 g/mol. The van der Waals surface area contributed by atoms with Gasteiger partial charge in [-0.1, -0.05) is 48.0 Å². The van der Waals surface area contributed by atoms with E-state index >= 15 is 0 Å². The number of pyridine rings is 6. The number of para-hydroxylation sites is 2. The number of benzene rings is 2. The van der Waals surface area contributed by atoms with E-state index in [1.54, 1.807) is 54.9 Å². The fourth-order valence-corrected chi connectivity index (χ4v) is 7.18. The average Bonchev–Trinajstić information content (AvgIpc) is 3.23. The number of aromatic nitrogens is 6. The minimum atomic E-state index is -0.393. The first kappa shape index (κ1) is 40.1. The Kier molecular flexibility index (Phi) is 12.1. The predicted molar refractivity (Wildman–Crippen MR) is 233 cm³/mol. The zero-order valence-electron chi connectivity index (χ0n) is 31.0. The molecule has 8 aromatic rings. The van der Waals surface area contributed by atoms with Crippen LogP contribution >= 0.6 is 43.5 Å². The van der Waals surface area contributed by atoms with Crippen LogP contribution < -0.4 is 15.8 Å². The summed E-state index contributed by atoms with van der Waals surface area (Å²) in [6.45, 7) is 0.845. The van der Waals surface area contributed by atoms with E-state index in [-0.39, 0.29) is 32.9 Å². The summed E-state index contributed by atoms with van der Waals surface area (Å²) in [6.07, 6.45) is 6.09. The number of halogens is 3. The third-order valence-corrected chi connectivity index (χ3v) is 10.2. The van der Waals surface area contributed by atoms with Crippen molar-refractivity contribution in [3.05, 3.63) is 202 Å². The molecule has 2 aromatic carbocycles. The number of rotatable bonds is 9. The first-order valence-corrected chi connectivity index (χ1v) is 19.7. The van der Waals surface area contributed by atoms with Crippen molar-refractivity contribution < 1.29 is 9.59 Å². The maximum absolute atomic E-state index is 13.2. The van der Waals surface area contributed by atoms with Crippen molar-refractivity contribution in [2.45, 2.75) is 13.1 Å². The summed E-state index contributed by atoms with van der Waals surface area (Å²) >= 11 is 12.6. The van der Waals surface area contributed by atoms with Gasteiger partial charge in [0.15, 0.2) is 11.6 Å². The zero-order chi connectivity index (χ0) is 40.9. The molecule has 8 rings (SSSR count). The molecule has 0 amide bonds. The number of carbonyl (C=O) groups excluding carboxylic acids is 2. The van der Waals surface area contributed by atoms with Gasteiger partial charge in [0.2, 0.25) is 10.9 Å². The molecule has 0 saturated heterocycles. The second kappa shape index (κ2) is 17.6. The second-order valence-corrected chi connectivity index (χ2v) is 15.3. The normalized spacial score (nSPS) is 10.9. The average molecular weight is 918 g/mol. The summed E-state index contributed by atoms with van der Waals surface area (Å²) < 4.78 is 5.20. The number of fused-ring (bicyclic) bond motifs is 2. The van der Waals surface area contributed by atoms with E-state index in [0.717, 1.165) is 37.4 Å². The molecule has 0 spiro atoms. The molecule has 14 heteroatoms. The summed E-state index contributed by atoms with van der Waals surface area (Å²) in [5.41, 5.74) is 3.38. The minimum Gasteiger partial charge on any atom is -0.363 e. The Morgan fingerprint density at radius 3 is 1.48 bits per heavy atom. The molecule has 11 nitrogen and oxygen atoms in total. The monoisotopic (exact) mass is 915 g/mol. The molecule has 0 saturated carbocycles. The van der Waals surface area contributed by atoms with Crippen LogP contribution in [0.25, 0.3) is 21.8 Å². The van der Waals surface area contributed by atoms with E-state index in [2.05, 4.69) is 51.8 Å². The number of carbonyl (C=O) groups is 2. The van der Waals surface area contributed by atoms with Gasteiger partial charge < -0.3 is 14.0 Å². The topological polar surface area (TPSA) is 133 Å². The van der Waals surface area contributed by atoms with E-state index in [4.69, 9.17) is 11.6 Å². The Bertz CT molecular complexity index is 2950. The van der Waals surface area contributed by atoms with Gasteiger partial charge in [0.05, 0.1) is 46.6 Å². The lowest BCUT2D eigenvalue weighted by Gasteiger charge is -2.14. The van der Waals surface area contributed by atoms with Crippen molar-refractivity contribution >= 4 is 82.7 Å². The van der Waals surface area contributed by atoms with Crippen LogP contribution in [-0.4, -0.2) is 54.7 Å². The number of hydrogen-bond acceptors (Lipinski definition) is 9. The number of hydrogen-bond donors (Lipinski definition) is 0. The van der Waals surface area contributed by atoms with Crippen LogP contribution in [0.2, 0.25) is 5.15 Å². The van der Waals surface area contributed by atoms with Gasteiger partial charge >= 0.3 is 0 Å². The first-order valence-electron chi connectivity index (χ1n) is 17.8. The third kappa shape index (κ3) is 8.86. The van der Waals surface area contributed by atoms with Crippen LogP contribution in [0.3, 0.4) is 0 Å². The molecule has 0 N–H and O–H groups in total. The van der Waals surface area contributed by atoms with E-state index in [1.807, 2.05) is 88.8 Å². The molecule has 0 aliphatic heterocycles. The lowest BCUT2D eigenvalue weighted by Crippen LogP contribution is -2.20. The quantitative estimate of drug-likeness (QED) is 0.103. The molecular formula is C44H32Br2ClN7O4. The van der Waals surface area contributed by atoms with Gasteiger partial charge in [0.25, 0.3) is 0 Å². The SMILES string of the molecule is CN(C)c1ccc(C(=O)c2cn(Cc3cccc(Br)n3)c3ccccc3c2=O)cn1.O=C(c1ccc(Cl)nc1)c1cn(Cc2cccc(Br)n2)c2ccccc2c1=O. The van der Waals surface area contributed by atoms with Crippen LogP contribution in [0.4, 0.5) is 5.82 Å². The summed E-state index contributed by atoms with van der Waals surface area (Å²) in [5.74, 6) is -0.00131. The second-order valence-electron chi connectivity index (χ2n) is 13.3. The third-order valence-electron chi connectivity index (χ3n) is 9.13. The molecule has 0 fully saturated rings. The Balaban J connectivity index is 0.000000177. The fourth-order valence-electron chi connectivity index (χ4n) is 6.31. The molecule has 0 unspecified atom stereocenters. The lowest BCUT2D eigenvalue weighted by atomic mass is 10.0. The molecule has 6 aromatic heterocycles. The van der Waals surface area contributed by atoms with Crippen molar-refractivity contribution in [1.82, 2.24) is 29.1 Å². The zero-order valence-corrected chi connectivity index (χ0v) is 34.9. The molecule has 0 aliphatic rings. The highest BCUT2D eigenvalue weighted by atomic mass is 79.9. The summed E-state index contributed by atoms with van der Waals surface area (Å²) in [4.78, 5) is 71.2. The number of nitrogens with zero attached hydrogens (tertiary/aromatic N) is 7. The van der Waals surface area contributed by atoms with Gasteiger partial charge in [-0.05, 0) is 105 Å². The van der Waals surface area contributed by atoms with E-state index in [0.29, 0.717) is 35.0 Å². The van der Waals surface area contributed by atoms with Gasteiger partial charge in [0.1, 0.15) is 20.2 Å². The summed E-state index contributed by atoms with van der Waals surface area (Å²) in [6, 6.07) is 32.3. The molecule has 0 radical (unpaired) electrons. The molecule has 6 heterocycles. The van der Waals surface area contributed by atoms with Crippen molar-refractivity contribution in [2.24, 2.45) is 0 Å². The first-order chi connectivity index (χ1) is 28.0. The smallest absolute Gasteiger partial charge is 0.200 e. The molecule has 58 heavy (non-hydrogen) atoms. The summed E-state index contributed by atoms with van der Waals surface area (Å²) in [7, 11) is 3.75. The minimum absolute atomic E-state index is 0.0813. The van der Waals surface area contributed by atoms with Crippen LogP contribution in [0.15, 0.2) is 153 Å². The summed E-state index contributed by atoms with van der Waals surface area (Å²) in [5, 5.41) is 1.26. The van der Waals surface area contributed by atoms with Crippen molar-refractivity contribution in [3.8, 4) is 0 Å². The molecule has 0 aliphatic carbocycles. The van der Waals surface area contributed by atoms with Crippen molar-refractivity contribution in [1.29, 1.82) is 0 Å². The standard InChI is InChI=1S/C23H19BrN4O2.C21H13BrClN3O2/c1-27(2)21-11-10-15(12-25-21)22(29)18-14-28(13-16-6-5-9-20(24)26-16)19-8-4-3-7-17(19)23(18)30;22-18-7-3-4-14(25-18)11-26-12-16(20(27)13-8-9-19(23)24-10-13)21(28)15-5-1-2-6-17(15)26/h3-12,14H,13H2,1-2H3;1-10,12H,11H2. The maximum atomic E-state index is 13.2. The van der Waals surface area contributed by atoms with Crippen molar-refractivity contribution in [3.63, 3.8) is 0 Å². The highest BCUT2D eigenvalue weighted by Crippen LogP contribution is 2.19. The van der Waals surface area contributed by atoms with Gasteiger partial charge in [-0.2, -0.15) is 0 Å². The molecule has 0 bridgehead atoms. The fraction of sp³-hybridized carbons (Fsp3) is 0.0909. The van der Waals surface area contributed by atoms with Gasteiger partial charge in [-0.3, -0.25) is 19.2 Å². The predicted octanol–water partition coefficient (Wildman–Crippen LogP) is 8.39. The van der Waals surface area contributed by atoms with Crippen LogP contribution in [0, 0.1) is 0 Å². The number of ketones is 2. The lowest BCUT2D eigenvalue weighted by molar-refractivity contribution is 0.102. The van der Waals surface area contributed by atoms with Gasteiger partial charge in [0, 0.05) is 60.8 Å². The van der Waals surface area contributed by atoms with Crippen LogP contribution in [0.1, 0.15) is 43.2 Å². The number of anilines is 1. The Labute approximate surface area is 353 Å². The Morgan fingerprint density at radius 1 is 0.603 bits per heavy atom. The van der Waals surface area contributed by atoms with E-state index in [9.17, 15) is 19.2 Å². The molecule has 0 atom stereocenters. The van der Waals surface area contributed by atoms with Crippen molar-refractivity contribution in [2.75, 3.05) is 19.0 Å². The van der Waals surface area contributed by atoms with E-state index < -0.39 is 5.78 Å². The molecule has 288 valence electrons. The Hall–Kier alpha value is -6.15. The van der Waals surface area contributed by atoms with Crippen LogP contribution in [-0.2, 0) is 13.1 Å². The van der Waals surface area contributed by atoms with E-state index in [1.165, 1.54) is 18.5 Å². The maximum Gasteiger partial charge on any atom is 0.200 e. The van der Waals surface area contributed by atoms with Gasteiger partial charge in [-0.25, -0.2) is 19.9 Å². The Morgan fingerprint density at radius 2 is 1.07 bits per heavy atom. The highest BCUT2D eigenvalue weighted by molar-refractivity contribution is 9.10. The largest absolute Gasteiger partial charge is 0.363 e.